The van der Waals surface area contributed by atoms with E-state index >= 15 is 0 Å². The van der Waals surface area contributed by atoms with Gasteiger partial charge in [0.15, 0.2) is 0 Å². The molecule has 4 heteroatoms. The molecular weight excluding hydrogens is 224 g/mol. The maximum Gasteiger partial charge on any atom is 0.142 e. The predicted octanol–water partition coefficient (Wildman–Crippen LogP) is 2.10. The summed E-state index contributed by atoms with van der Waals surface area (Å²) in [6, 6.07) is 7.58. The highest BCUT2D eigenvalue weighted by Gasteiger charge is 2.17. The molecule has 0 aliphatic carbocycles. The van der Waals surface area contributed by atoms with Gasteiger partial charge >= 0.3 is 0 Å². The van der Waals surface area contributed by atoms with Gasteiger partial charge in [-0.25, -0.2) is 4.98 Å². The van der Waals surface area contributed by atoms with Crippen LogP contribution in [0, 0.1) is 17.2 Å². The van der Waals surface area contributed by atoms with Gasteiger partial charge in [-0.2, -0.15) is 5.26 Å². The quantitative estimate of drug-likeness (QED) is 0.881. The summed E-state index contributed by atoms with van der Waals surface area (Å²) in [4.78, 5) is 6.72. The van der Waals surface area contributed by atoms with Crippen molar-refractivity contribution in [2.45, 2.75) is 19.8 Å². The summed E-state index contributed by atoms with van der Waals surface area (Å²) >= 11 is 0. The smallest absolute Gasteiger partial charge is 0.142 e. The number of pyridine rings is 1. The molecule has 0 bridgehead atoms. The fourth-order valence-corrected chi connectivity index (χ4v) is 2.35. The highest BCUT2D eigenvalue weighted by Crippen LogP contribution is 2.17. The lowest BCUT2D eigenvalue weighted by molar-refractivity contribution is 0.198. The summed E-state index contributed by atoms with van der Waals surface area (Å²) < 4.78 is 0. The Labute approximate surface area is 109 Å². The van der Waals surface area contributed by atoms with E-state index < -0.39 is 0 Å². The monoisotopic (exact) mass is 244 g/mol. The molecule has 1 aromatic heterocycles. The number of nitrogens with zero attached hydrogens (tertiary/aromatic N) is 3. The Bertz CT molecular complexity index is 416. The molecule has 0 saturated carbocycles. The summed E-state index contributed by atoms with van der Waals surface area (Å²) in [6.07, 6.45) is 2.50. The summed E-state index contributed by atoms with van der Waals surface area (Å²) in [7, 11) is 0. The van der Waals surface area contributed by atoms with Gasteiger partial charge in [0, 0.05) is 6.54 Å². The molecule has 0 atom stereocenters. The molecule has 2 rings (SSSR count). The lowest BCUT2D eigenvalue weighted by Gasteiger charge is -2.31. The van der Waals surface area contributed by atoms with E-state index in [-0.39, 0.29) is 0 Å². The van der Waals surface area contributed by atoms with Crippen LogP contribution in [-0.4, -0.2) is 36.1 Å². The number of hydrogen-bond donors (Lipinski definition) is 1. The van der Waals surface area contributed by atoms with Crippen LogP contribution in [0.15, 0.2) is 18.2 Å². The lowest BCUT2D eigenvalue weighted by Crippen LogP contribution is -2.35. The molecule has 96 valence electrons. The molecule has 2 heterocycles. The zero-order valence-electron chi connectivity index (χ0n) is 10.9. The molecule has 18 heavy (non-hydrogen) atoms. The fraction of sp³-hybridized carbons (Fsp3) is 0.571. The average Bonchev–Trinajstić information content (AvgIpc) is 2.46. The van der Waals surface area contributed by atoms with Crippen molar-refractivity contribution >= 4 is 5.82 Å². The molecule has 1 aromatic rings. The Morgan fingerprint density at radius 1 is 1.44 bits per heavy atom. The summed E-state index contributed by atoms with van der Waals surface area (Å²) in [5, 5.41) is 12.1. The first-order chi connectivity index (χ1) is 8.81. The van der Waals surface area contributed by atoms with E-state index in [9.17, 15) is 0 Å². The van der Waals surface area contributed by atoms with Crippen molar-refractivity contribution in [3.8, 4) is 6.07 Å². The Kier molecular flexibility index (Phi) is 4.54. The second-order valence-corrected chi connectivity index (χ2v) is 4.78. The molecule has 0 unspecified atom stereocenters. The maximum atomic E-state index is 8.79. The van der Waals surface area contributed by atoms with Crippen LogP contribution < -0.4 is 5.32 Å². The summed E-state index contributed by atoms with van der Waals surface area (Å²) in [5.41, 5.74) is 0.473. The maximum absolute atomic E-state index is 8.79. The largest absolute Gasteiger partial charge is 0.370 e. The third-order valence-corrected chi connectivity index (χ3v) is 3.59. The highest BCUT2D eigenvalue weighted by molar-refractivity contribution is 5.38. The van der Waals surface area contributed by atoms with E-state index in [4.69, 9.17) is 5.26 Å². The molecule has 1 N–H and O–H groups in total. The van der Waals surface area contributed by atoms with E-state index in [1.165, 1.54) is 25.9 Å². The first kappa shape index (κ1) is 12.8. The zero-order valence-corrected chi connectivity index (χ0v) is 10.9. The summed E-state index contributed by atoms with van der Waals surface area (Å²) in [6.45, 7) is 6.74. The van der Waals surface area contributed by atoms with Gasteiger partial charge in [-0.3, -0.25) is 0 Å². The number of likely N-dealkylation sites (tertiary alicyclic amines) is 1. The molecule has 0 amide bonds. The Morgan fingerprint density at radius 2 is 2.22 bits per heavy atom. The normalized spacial score (nSPS) is 17.3. The molecule has 1 aliphatic rings. The molecular formula is C14H20N4. The van der Waals surface area contributed by atoms with E-state index in [0.29, 0.717) is 5.69 Å². The van der Waals surface area contributed by atoms with Crippen LogP contribution >= 0.6 is 0 Å². The topological polar surface area (TPSA) is 52.0 Å². The highest BCUT2D eigenvalue weighted by atomic mass is 15.1. The van der Waals surface area contributed by atoms with Crippen LogP contribution in [0.5, 0.6) is 0 Å². The zero-order chi connectivity index (χ0) is 12.8. The number of anilines is 1. The van der Waals surface area contributed by atoms with Gasteiger partial charge in [0.05, 0.1) is 0 Å². The SMILES string of the molecule is CCN1CCC(CNc2cccc(C#N)n2)CC1. The third kappa shape index (κ3) is 3.44. The third-order valence-electron chi connectivity index (χ3n) is 3.59. The Morgan fingerprint density at radius 3 is 2.89 bits per heavy atom. The second-order valence-electron chi connectivity index (χ2n) is 4.78. The Balaban J connectivity index is 1.80. The predicted molar refractivity (Wildman–Crippen MR) is 72.3 cm³/mol. The van der Waals surface area contributed by atoms with Crippen molar-refractivity contribution in [3.63, 3.8) is 0 Å². The van der Waals surface area contributed by atoms with Crippen LogP contribution in [0.2, 0.25) is 0 Å². The van der Waals surface area contributed by atoms with Crippen molar-refractivity contribution in [1.82, 2.24) is 9.88 Å². The van der Waals surface area contributed by atoms with Gasteiger partial charge in [0.25, 0.3) is 0 Å². The minimum absolute atomic E-state index is 0.473. The van der Waals surface area contributed by atoms with Crippen LogP contribution in [0.3, 0.4) is 0 Å². The van der Waals surface area contributed by atoms with Crippen LogP contribution in [-0.2, 0) is 0 Å². The summed E-state index contributed by atoms with van der Waals surface area (Å²) in [5.74, 6) is 1.53. The van der Waals surface area contributed by atoms with Crippen molar-refractivity contribution in [2.75, 3.05) is 31.5 Å². The van der Waals surface area contributed by atoms with Crippen molar-refractivity contribution < 1.29 is 0 Å². The van der Waals surface area contributed by atoms with Crippen LogP contribution in [0.4, 0.5) is 5.82 Å². The van der Waals surface area contributed by atoms with Gasteiger partial charge in [-0.1, -0.05) is 13.0 Å². The van der Waals surface area contributed by atoms with E-state index in [1.54, 1.807) is 6.07 Å². The number of hydrogen-bond acceptors (Lipinski definition) is 4. The first-order valence-corrected chi connectivity index (χ1v) is 6.65. The molecule has 0 aromatic carbocycles. The van der Waals surface area contributed by atoms with Gasteiger partial charge < -0.3 is 10.2 Å². The van der Waals surface area contributed by atoms with E-state index in [1.807, 2.05) is 12.1 Å². The minimum Gasteiger partial charge on any atom is -0.370 e. The minimum atomic E-state index is 0.473. The number of rotatable bonds is 4. The molecule has 1 fully saturated rings. The van der Waals surface area contributed by atoms with Gasteiger partial charge in [0.2, 0.25) is 0 Å². The Hall–Kier alpha value is -1.60. The molecule has 1 saturated heterocycles. The lowest BCUT2D eigenvalue weighted by atomic mass is 9.97. The van der Waals surface area contributed by atoms with E-state index in [2.05, 4.69) is 28.2 Å². The first-order valence-electron chi connectivity index (χ1n) is 6.65. The fourth-order valence-electron chi connectivity index (χ4n) is 2.35. The molecule has 0 spiro atoms. The van der Waals surface area contributed by atoms with Crippen molar-refractivity contribution in [1.29, 1.82) is 5.26 Å². The van der Waals surface area contributed by atoms with E-state index in [0.717, 1.165) is 24.8 Å². The standard InChI is InChI=1S/C14H20N4/c1-2-18-8-6-12(7-9-18)11-16-14-5-3-4-13(10-15)17-14/h3-5,12H,2,6-9,11H2,1H3,(H,16,17). The van der Waals surface area contributed by atoms with Crippen molar-refractivity contribution in [3.05, 3.63) is 23.9 Å². The average molecular weight is 244 g/mol. The molecule has 4 nitrogen and oxygen atoms in total. The van der Waals surface area contributed by atoms with Gasteiger partial charge in [-0.15, -0.1) is 0 Å². The molecule has 1 aliphatic heterocycles. The number of piperidine rings is 1. The van der Waals surface area contributed by atoms with Gasteiger partial charge in [0.1, 0.15) is 17.6 Å². The van der Waals surface area contributed by atoms with Crippen LogP contribution in [0.1, 0.15) is 25.5 Å². The number of nitrogens with one attached hydrogen (secondary N) is 1. The van der Waals surface area contributed by atoms with Crippen molar-refractivity contribution in [2.24, 2.45) is 5.92 Å². The van der Waals surface area contributed by atoms with Crippen LogP contribution in [0.25, 0.3) is 0 Å². The number of nitriles is 1. The second kappa shape index (κ2) is 6.36. The number of aromatic nitrogens is 1. The molecule has 0 radical (unpaired) electrons. The van der Waals surface area contributed by atoms with Gasteiger partial charge in [-0.05, 0) is 50.5 Å².